The maximum Gasteiger partial charge on any atom is 0.274 e. The Morgan fingerprint density at radius 2 is 1.76 bits per heavy atom. The molecule has 4 aromatic rings. The Morgan fingerprint density at radius 1 is 0.971 bits per heavy atom. The zero-order valence-electron chi connectivity index (χ0n) is 19.1. The molecule has 0 atom stereocenters. The van der Waals surface area contributed by atoms with E-state index in [4.69, 9.17) is 11.6 Å². The summed E-state index contributed by atoms with van der Waals surface area (Å²) in [6.45, 7) is 6.20. The van der Waals surface area contributed by atoms with Crippen molar-refractivity contribution in [1.29, 1.82) is 0 Å². The van der Waals surface area contributed by atoms with E-state index < -0.39 is 10.0 Å². The number of anilines is 2. The molecule has 2 aliphatic heterocycles. The number of sulfonamides is 1. The maximum atomic E-state index is 13.9. The van der Waals surface area contributed by atoms with Crippen molar-refractivity contribution < 1.29 is 8.42 Å². The molecule has 4 heterocycles. The molecule has 6 rings (SSSR count). The van der Waals surface area contributed by atoms with Crippen molar-refractivity contribution in [2.24, 2.45) is 0 Å². The highest BCUT2D eigenvalue weighted by Gasteiger charge is 2.34. The first-order chi connectivity index (χ1) is 16.3. The van der Waals surface area contributed by atoms with E-state index >= 15 is 0 Å². The summed E-state index contributed by atoms with van der Waals surface area (Å²) in [6.07, 6.45) is 2.54. The predicted molar refractivity (Wildman–Crippen MR) is 141 cm³/mol. The van der Waals surface area contributed by atoms with Gasteiger partial charge in [-0.3, -0.25) is 9.29 Å². The molecule has 0 bridgehead atoms. The van der Waals surface area contributed by atoms with E-state index in [0.29, 0.717) is 22.2 Å². The number of piperazine rings is 1. The number of aryl methyl sites for hydroxylation is 1. The molecule has 2 aromatic carbocycles. The van der Waals surface area contributed by atoms with E-state index in [9.17, 15) is 8.42 Å². The van der Waals surface area contributed by atoms with E-state index in [0.717, 1.165) is 69.7 Å². The molecular formula is C25H25ClN4O2S2. The van der Waals surface area contributed by atoms with Crippen LogP contribution in [0.15, 0.2) is 46.8 Å². The summed E-state index contributed by atoms with van der Waals surface area (Å²) in [7, 11) is -1.56. The van der Waals surface area contributed by atoms with Gasteiger partial charge in [0, 0.05) is 59.7 Å². The van der Waals surface area contributed by atoms with Gasteiger partial charge in [0.2, 0.25) is 0 Å². The summed E-state index contributed by atoms with van der Waals surface area (Å²) in [5.41, 5.74) is 4.60. The normalized spacial score (nSPS) is 17.1. The fourth-order valence-corrected chi connectivity index (χ4v) is 8.59. The number of hydrogen-bond donors (Lipinski definition) is 0. The summed E-state index contributed by atoms with van der Waals surface area (Å²) < 4.78 is 30.7. The second kappa shape index (κ2) is 8.09. The van der Waals surface area contributed by atoms with Crippen molar-refractivity contribution in [2.75, 3.05) is 49.0 Å². The Morgan fingerprint density at radius 3 is 2.56 bits per heavy atom. The number of hydrogen-bond acceptors (Lipinski definition) is 6. The highest BCUT2D eigenvalue weighted by atomic mass is 35.5. The summed E-state index contributed by atoms with van der Waals surface area (Å²) >= 11 is 7.50. The topological polar surface area (TPSA) is 56.8 Å². The van der Waals surface area contributed by atoms with Crippen molar-refractivity contribution in [3.63, 3.8) is 0 Å². The number of thiophene rings is 1. The largest absolute Gasteiger partial charge is 0.368 e. The van der Waals surface area contributed by atoms with Crippen LogP contribution in [-0.4, -0.2) is 58.1 Å². The SMILES string of the molecule is Cc1c(S(=O)(=O)N2CCc3cc4nccc(N5CCN(C)CC5)c4cc32)sc2ccc(Cl)cc12. The Bertz CT molecular complexity index is 1540. The van der Waals surface area contributed by atoms with E-state index in [-0.39, 0.29) is 0 Å². The van der Waals surface area contributed by atoms with E-state index in [2.05, 4.69) is 27.9 Å². The molecule has 9 heteroatoms. The van der Waals surface area contributed by atoms with Gasteiger partial charge in [-0.05, 0) is 73.3 Å². The highest BCUT2D eigenvalue weighted by molar-refractivity contribution is 7.95. The molecule has 2 aliphatic rings. The Labute approximate surface area is 208 Å². The fourth-order valence-electron chi connectivity index (χ4n) is 5.07. The molecular weight excluding hydrogens is 488 g/mol. The Kier molecular flexibility index (Phi) is 5.26. The number of nitrogens with zero attached hydrogens (tertiary/aromatic N) is 4. The van der Waals surface area contributed by atoms with Crippen LogP contribution in [0, 0.1) is 6.92 Å². The van der Waals surface area contributed by atoms with Crippen LogP contribution in [0.4, 0.5) is 11.4 Å². The molecule has 0 aliphatic carbocycles. The first-order valence-corrected chi connectivity index (χ1v) is 14.0. The lowest BCUT2D eigenvalue weighted by Gasteiger charge is -2.34. The lowest BCUT2D eigenvalue weighted by molar-refractivity contribution is 0.313. The average molecular weight is 513 g/mol. The van der Waals surface area contributed by atoms with Crippen molar-refractivity contribution in [1.82, 2.24) is 9.88 Å². The number of halogens is 1. The quantitative estimate of drug-likeness (QED) is 0.390. The number of aromatic nitrogens is 1. The second-order valence-electron chi connectivity index (χ2n) is 9.10. The molecule has 0 unspecified atom stereocenters. The molecule has 0 saturated carbocycles. The third-order valence-electron chi connectivity index (χ3n) is 6.99. The standard InChI is InChI=1S/C25H25ClN4O2S2/c1-16-19-14-18(26)3-4-24(19)33-25(16)34(31,32)30-8-6-17-13-21-20(15-23(17)30)22(5-7-27-21)29-11-9-28(2)10-12-29/h3-5,7,13-15H,6,8-12H2,1-2H3. The van der Waals surface area contributed by atoms with Crippen LogP contribution in [0.1, 0.15) is 11.1 Å². The fraction of sp³-hybridized carbons (Fsp3) is 0.320. The third-order valence-corrected chi connectivity index (χ3v) is 10.9. The number of benzene rings is 2. The number of fused-ring (bicyclic) bond motifs is 3. The lowest BCUT2D eigenvalue weighted by atomic mass is 10.1. The summed E-state index contributed by atoms with van der Waals surface area (Å²) in [5.74, 6) is 0. The van der Waals surface area contributed by atoms with E-state index in [1.165, 1.54) is 11.3 Å². The summed E-state index contributed by atoms with van der Waals surface area (Å²) in [6, 6.07) is 11.7. The predicted octanol–water partition coefficient (Wildman–Crippen LogP) is 4.91. The van der Waals surface area contributed by atoms with Crippen LogP contribution < -0.4 is 9.21 Å². The van der Waals surface area contributed by atoms with Gasteiger partial charge < -0.3 is 9.80 Å². The van der Waals surface area contributed by atoms with Crippen LogP contribution >= 0.6 is 22.9 Å². The lowest BCUT2D eigenvalue weighted by Crippen LogP contribution is -2.44. The van der Waals surface area contributed by atoms with Crippen LogP contribution in [0.5, 0.6) is 0 Å². The van der Waals surface area contributed by atoms with Gasteiger partial charge in [0.1, 0.15) is 4.21 Å². The number of rotatable bonds is 3. The highest BCUT2D eigenvalue weighted by Crippen LogP contribution is 2.42. The van der Waals surface area contributed by atoms with Crippen LogP contribution in [0.3, 0.4) is 0 Å². The molecule has 0 radical (unpaired) electrons. The zero-order valence-corrected chi connectivity index (χ0v) is 21.5. The minimum Gasteiger partial charge on any atom is -0.368 e. The Balaban J connectivity index is 1.45. The third kappa shape index (κ3) is 3.47. The smallest absolute Gasteiger partial charge is 0.274 e. The molecule has 0 amide bonds. The van der Waals surface area contributed by atoms with Gasteiger partial charge in [-0.2, -0.15) is 0 Å². The maximum absolute atomic E-state index is 13.9. The average Bonchev–Trinajstić information content (AvgIpc) is 3.39. The molecule has 1 fully saturated rings. The molecule has 2 aromatic heterocycles. The second-order valence-corrected chi connectivity index (χ2v) is 12.6. The van der Waals surface area contributed by atoms with Gasteiger partial charge in [-0.15, -0.1) is 11.3 Å². The number of likely N-dealkylation sites (N-methyl/N-ethyl adjacent to an activating group) is 1. The molecule has 1 saturated heterocycles. The van der Waals surface area contributed by atoms with Gasteiger partial charge >= 0.3 is 0 Å². The van der Waals surface area contributed by atoms with Gasteiger partial charge in [0.25, 0.3) is 10.0 Å². The van der Waals surface area contributed by atoms with Gasteiger partial charge in [-0.1, -0.05) is 11.6 Å². The van der Waals surface area contributed by atoms with Crippen LogP contribution in [-0.2, 0) is 16.4 Å². The first kappa shape index (κ1) is 22.1. The number of pyridine rings is 1. The molecule has 34 heavy (non-hydrogen) atoms. The summed E-state index contributed by atoms with van der Waals surface area (Å²) in [4.78, 5) is 9.32. The van der Waals surface area contributed by atoms with Crippen LogP contribution in [0.25, 0.3) is 21.0 Å². The van der Waals surface area contributed by atoms with Crippen molar-refractivity contribution in [2.45, 2.75) is 17.6 Å². The zero-order chi connectivity index (χ0) is 23.6. The molecule has 176 valence electrons. The minimum absolute atomic E-state index is 0.392. The van der Waals surface area contributed by atoms with Gasteiger partial charge in [0.05, 0.1) is 11.2 Å². The van der Waals surface area contributed by atoms with Crippen molar-refractivity contribution in [3.8, 4) is 0 Å². The van der Waals surface area contributed by atoms with Crippen LogP contribution in [0.2, 0.25) is 5.02 Å². The van der Waals surface area contributed by atoms with E-state index in [1.807, 2.05) is 37.4 Å². The van der Waals surface area contributed by atoms with Gasteiger partial charge in [0.15, 0.2) is 0 Å². The van der Waals surface area contributed by atoms with E-state index in [1.54, 1.807) is 10.4 Å². The molecule has 0 N–H and O–H groups in total. The van der Waals surface area contributed by atoms with Crippen molar-refractivity contribution >= 4 is 65.3 Å². The molecule has 0 spiro atoms. The monoisotopic (exact) mass is 512 g/mol. The minimum atomic E-state index is -3.70. The summed E-state index contributed by atoms with van der Waals surface area (Å²) in [5, 5.41) is 2.52. The van der Waals surface area contributed by atoms with Gasteiger partial charge in [-0.25, -0.2) is 8.42 Å². The first-order valence-electron chi connectivity index (χ1n) is 11.4. The Hall–Kier alpha value is -2.39. The van der Waals surface area contributed by atoms with Crippen molar-refractivity contribution in [3.05, 3.63) is 58.7 Å². The molecule has 6 nitrogen and oxygen atoms in total.